The summed E-state index contributed by atoms with van der Waals surface area (Å²) in [6.45, 7) is 5.90. The van der Waals surface area contributed by atoms with Crippen molar-refractivity contribution in [3.8, 4) is 11.8 Å². The van der Waals surface area contributed by atoms with E-state index in [9.17, 15) is 0 Å². The Balaban J connectivity index is 2.86. The van der Waals surface area contributed by atoms with Gasteiger partial charge in [-0.3, -0.25) is 0 Å². The van der Waals surface area contributed by atoms with Crippen LogP contribution in [-0.2, 0) is 4.74 Å². The molecule has 0 bridgehead atoms. The lowest BCUT2D eigenvalue weighted by molar-refractivity contribution is 0.130. The average Bonchev–Trinajstić information content (AvgIpc) is 2.16. The predicted octanol–water partition coefficient (Wildman–Crippen LogP) is 3.39. The third-order valence-corrected chi connectivity index (χ3v) is 1.87. The maximum Gasteiger partial charge on any atom is 0.0466 e. The number of hydrogen-bond acceptors (Lipinski definition) is 1. The highest BCUT2D eigenvalue weighted by atomic mass is 16.5. The zero-order valence-electron chi connectivity index (χ0n) is 9.07. The molecule has 0 atom stereocenters. The Hall–Kier alpha value is -0.480. The molecule has 0 aliphatic heterocycles. The van der Waals surface area contributed by atoms with E-state index in [0.717, 1.165) is 26.1 Å². The van der Waals surface area contributed by atoms with Gasteiger partial charge in [0.05, 0.1) is 0 Å². The van der Waals surface area contributed by atoms with E-state index in [1.807, 2.05) is 6.92 Å². The average molecular weight is 182 g/mol. The van der Waals surface area contributed by atoms with E-state index in [-0.39, 0.29) is 0 Å². The van der Waals surface area contributed by atoms with Crippen LogP contribution in [0, 0.1) is 11.8 Å². The lowest BCUT2D eigenvalue weighted by Crippen LogP contribution is -1.95. The molecule has 0 heterocycles. The van der Waals surface area contributed by atoms with E-state index < -0.39 is 0 Å². The summed E-state index contributed by atoms with van der Waals surface area (Å²) in [5.74, 6) is 5.99. The number of hydrogen-bond donors (Lipinski definition) is 0. The fourth-order valence-electron chi connectivity index (χ4n) is 1.14. The van der Waals surface area contributed by atoms with Crippen molar-refractivity contribution in [3.63, 3.8) is 0 Å². The van der Waals surface area contributed by atoms with Crippen LogP contribution < -0.4 is 0 Å². The van der Waals surface area contributed by atoms with Gasteiger partial charge in [0.2, 0.25) is 0 Å². The smallest absolute Gasteiger partial charge is 0.0466 e. The standard InChI is InChI=1S/C12H22O/c1-3-5-6-7-8-9-10-12-13-11-4-2/h4,6-12H2,1-2H3. The van der Waals surface area contributed by atoms with Gasteiger partial charge in [-0.15, -0.1) is 11.8 Å². The molecule has 0 aromatic carbocycles. The normalized spacial score (nSPS) is 9.38. The molecule has 0 rings (SSSR count). The monoisotopic (exact) mass is 182 g/mol. The Labute approximate surface area is 82.9 Å². The summed E-state index contributed by atoms with van der Waals surface area (Å²) in [5, 5.41) is 0. The first-order chi connectivity index (χ1) is 6.41. The Morgan fingerprint density at radius 1 is 1.00 bits per heavy atom. The summed E-state index contributed by atoms with van der Waals surface area (Å²) in [6, 6.07) is 0. The van der Waals surface area contributed by atoms with E-state index in [2.05, 4.69) is 18.8 Å². The summed E-state index contributed by atoms with van der Waals surface area (Å²) in [4.78, 5) is 0. The molecule has 76 valence electrons. The lowest BCUT2D eigenvalue weighted by Gasteiger charge is -2.01. The van der Waals surface area contributed by atoms with E-state index >= 15 is 0 Å². The van der Waals surface area contributed by atoms with Crippen molar-refractivity contribution in [2.45, 2.75) is 52.4 Å². The van der Waals surface area contributed by atoms with Gasteiger partial charge in [0.25, 0.3) is 0 Å². The third kappa shape index (κ3) is 11.5. The van der Waals surface area contributed by atoms with E-state index in [1.165, 1.54) is 25.7 Å². The van der Waals surface area contributed by atoms with E-state index in [0.29, 0.717) is 0 Å². The summed E-state index contributed by atoms with van der Waals surface area (Å²) in [7, 11) is 0. The molecule has 0 aliphatic carbocycles. The molecule has 13 heavy (non-hydrogen) atoms. The molecule has 0 radical (unpaired) electrons. The van der Waals surface area contributed by atoms with Gasteiger partial charge in [-0.25, -0.2) is 0 Å². The Bertz CT molecular complexity index is 141. The van der Waals surface area contributed by atoms with Crippen molar-refractivity contribution in [2.75, 3.05) is 13.2 Å². The van der Waals surface area contributed by atoms with Crippen LogP contribution in [-0.4, -0.2) is 13.2 Å². The molecule has 0 fully saturated rings. The molecule has 0 spiro atoms. The van der Waals surface area contributed by atoms with Gasteiger partial charge in [0.15, 0.2) is 0 Å². The van der Waals surface area contributed by atoms with Crippen molar-refractivity contribution in [3.05, 3.63) is 0 Å². The van der Waals surface area contributed by atoms with Gasteiger partial charge in [-0.05, 0) is 26.2 Å². The molecule has 0 aromatic rings. The van der Waals surface area contributed by atoms with E-state index in [4.69, 9.17) is 4.74 Å². The van der Waals surface area contributed by atoms with Gasteiger partial charge in [-0.2, -0.15) is 0 Å². The zero-order valence-corrected chi connectivity index (χ0v) is 9.07. The van der Waals surface area contributed by atoms with Crippen LogP contribution in [0.5, 0.6) is 0 Å². The quantitative estimate of drug-likeness (QED) is 0.413. The number of ether oxygens (including phenoxy) is 1. The molecular weight excluding hydrogens is 160 g/mol. The summed E-state index contributed by atoms with van der Waals surface area (Å²) < 4.78 is 5.38. The molecule has 0 unspecified atom stereocenters. The van der Waals surface area contributed by atoms with Gasteiger partial charge in [0, 0.05) is 19.6 Å². The highest BCUT2D eigenvalue weighted by Crippen LogP contribution is 2.02. The van der Waals surface area contributed by atoms with Gasteiger partial charge >= 0.3 is 0 Å². The molecule has 0 saturated carbocycles. The molecule has 0 aromatic heterocycles. The van der Waals surface area contributed by atoms with Crippen LogP contribution in [0.3, 0.4) is 0 Å². The summed E-state index contributed by atoms with van der Waals surface area (Å²) >= 11 is 0. The van der Waals surface area contributed by atoms with Crippen LogP contribution in [0.1, 0.15) is 52.4 Å². The maximum absolute atomic E-state index is 5.38. The number of rotatable bonds is 8. The molecule has 0 saturated heterocycles. The lowest BCUT2D eigenvalue weighted by atomic mass is 10.1. The highest BCUT2D eigenvalue weighted by molar-refractivity contribution is 4.94. The summed E-state index contributed by atoms with van der Waals surface area (Å²) in [6.07, 6.45) is 7.23. The van der Waals surface area contributed by atoms with Crippen molar-refractivity contribution in [1.29, 1.82) is 0 Å². The first kappa shape index (κ1) is 12.5. The van der Waals surface area contributed by atoms with Crippen LogP contribution in [0.2, 0.25) is 0 Å². The third-order valence-electron chi connectivity index (χ3n) is 1.87. The fraction of sp³-hybridized carbons (Fsp3) is 0.833. The van der Waals surface area contributed by atoms with Crippen molar-refractivity contribution < 1.29 is 4.74 Å². The first-order valence-electron chi connectivity index (χ1n) is 5.39. The Morgan fingerprint density at radius 2 is 1.77 bits per heavy atom. The van der Waals surface area contributed by atoms with Gasteiger partial charge in [0.1, 0.15) is 0 Å². The molecule has 1 heteroatoms. The Kier molecular flexibility index (Phi) is 11.1. The highest BCUT2D eigenvalue weighted by Gasteiger charge is 1.89. The van der Waals surface area contributed by atoms with Crippen molar-refractivity contribution in [2.24, 2.45) is 0 Å². The second-order valence-electron chi connectivity index (χ2n) is 3.20. The molecule has 1 nitrogen and oxygen atoms in total. The van der Waals surface area contributed by atoms with Crippen LogP contribution in [0.15, 0.2) is 0 Å². The molecular formula is C12H22O. The maximum atomic E-state index is 5.38. The minimum Gasteiger partial charge on any atom is -0.381 e. The van der Waals surface area contributed by atoms with Gasteiger partial charge in [-0.1, -0.05) is 19.8 Å². The van der Waals surface area contributed by atoms with Crippen molar-refractivity contribution in [1.82, 2.24) is 0 Å². The van der Waals surface area contributed by atoms with Gasteiger partial charge < -0.3 is 4.74 Å². The predicted molar refractivity (Wildman–Crippen MR) is 57.6 cm³/mol. The molecule has 0 amide bonds. The largest absolute Gasteiger partial charge is 0.381 e. The molecule has 0 N–H and O–H groups in total. The number of unbranched alkanes of at least 4 members (excludes halogenated alkanes) is 4. The van der Waals surface area contributed by atoms with Crippen LogP contribution >= 0.6 is 0 Å². The minimum atomic E-state index is 0.918. The Morgan fingerprint density at radius 3 is 2.46 bits per heavy atom. The SMILES string of the molecule is CC#CCCCCCCOCCC. The van der Waals surface area contributed by atoms with Crippen LogP contribution in [0.25, 0.3) is 0 Å². The zero-order chi connectivity index (χ0) is 9.78. The second-order valence-corrected chi connectivity index (χ2v) is 3.20. The minimum absolute atomic E-state index is 0.918. The van der Waals surface area contributed by atoms with Crippen molar-refractivity contribution >= 4 is 0 Å². The van der Waals surface area contributed by atoms with E-state index in [1.54, 1.807) is 0 Å². The van der Waals surface area contributed by atoms with Crippen LogP contribution in [0.4, 0.5) is 0 Å². The fourth-order valence-corrected chi connectivity index (χ4v) is 1.14. The second kappa shape index (κ2) is 11.5. The first-order valence-corrected chi connectivity index (χ1v) is 5.39. The molecule has 0 aliphatic rings. The summed E-state index contributed by atoms with van der Waals surface area (Å²) in [5.41, 5.74) is 0. The topological polar surface area (TPSA) is 9.23 Å².